The van der Waals surface area contributed by atoms with Crippen LogP contribution >= 0.6 is 0 Å². The molecule has 1 N–H and O–H groups in total. The Labute approximate surface area is 97.0 Å². The van der Waals surface area contributed by atoms with Gasteiger partial charge in [-0.05, 0) is 24.5 Å². The van der Waals surface area contributed by atoms with E-state index in [9.17, 15) is 4.79 Å². The van der Waals surface area contributed by atoms with Gasteiger partial charge >= 0.3 is 5.97 Å². The fraction of sp³-hybridized carbons (Fsp3) is 0.333. The summed E-state index contributed by atoms with van der Waals surface area (Å²) in [6.07, 6.45) is 1.14. The number of hydrogen-bond donors (Lipinski definition) is 1. The summed E-state index contributed by atoms with van der Waals surface area (Å²) in [4.78, 5) is 10.6. The minimum absolute atomic E-state index is 0.183. The van der Waals surface area contributed by atoms with Gasteiger partial charge in [0.25, 0.3) is 0 Å². The molecule has 0 amide bonds. The highest BCUT2D eigenvalue weighted by Crippen LogP contribution is 2.47. The van der Waals surface area contributed by atoms with Crippen molar-refractivity contribution in [2.75, 3.05) is 0 Å². The van der Waals surface area contributed by atoms with Crippen LogP contribution in [0.25, 0.3) is 11.5 Å². The second kappa shape index (κ2) is 3.48. The van der Waals surface area contributed by atoms with E-state index < -0.39 is 5.97 Å². The molecule has 2 aromatic rings. The average Bonchev–Trinajstić information content (AvgIpc) is 2.78. The van der Waals surface area contributed by atoms with E-state index >= 15 is 0 Å². The Kier molecular flexibility index (Phi) is 2.07. The van der Waals surface area contributed by atoms with Crippen molar-refractivity contribution in [3.05, 3.63) is 29.7 Å². The van der Waals surface area contributed by atoms with Gasteiger partial charge in [-0.15, -0.1) is 0 Å². The Morgan fingerprint density at radius 2 is 2.29 bits per heavy atom. The fourth-order valence-corrected chi connectivity index (χ4v) is 1.90. The van der Waals surface area contributed by atoms with Gasteiger partial charge in [0, 0.05) is 12.0 Å². The quantitative estimate of drug-likeness (QED) is 0.881. The van der Waals surface area contributed by atoms with Gasteiger partial charge in [0.2, 0.25) is 5.76 Å². The summed E-state index contributed by atoms with van der Waals surface area (Å²) in [7, 11) is 0. The lowest BCUT2D eigenvalue weighted by molar-refractivity contribution is 0.0652. The first kappa shape index (κ1) is 10.1. The molecule has 3 rings (SSSR count). The number of carboxylic acid groups (broad SMARTS) is 1. The van der Waals surface area contributed by atoms with Crippen molar-refractivity contribution in [3.8, 4) is 11.5 Å². The molecule has 1 aliphatic carbocycles. The van der Waals surface area contributed by atoms with Crippen molar-refractivity contribution < 1.29 is 18.8 Å². The molecule has 1 aliphatic rings. The van der Waals surface area contributed by atoms with E-state index in [1.165, 1.54) is 6.07 Å². The highest BCUT2D eigenvalue weighted by Gasteiger charge is 2.36. The Morgan fingerprint density at radius 3 is 2.88 bits per heavy atom. The molecule has 5 heteroatoms. The minimum atomic E-state index is -1.13. The van der Waals surface area contributed by atoms with E-state index in [-0.39, 0.29) is 5.76 Å². The summed E-state index contributed by atoms with van der Waals surface area (Å²) in [5, 5.41) is 12.4. The van der Waals surface area contributed by atoms with E-state index in [4.69, 9.17) is 9.52 Å². The molecule has 5 nitrogen and oxygen atoms in total. The van der Waals surface area contributed by atoms with E-state index in [2.05, 4.69) is 16.6 Å². The lowest BCUT2D eigenvalue weighted by Gasteiger charge is -1.90. The Hall–Kier alpha value is -2.04. The fourth-order valence-electron chi connectivity index (χ4n) is 1.90. The summed E-state index contributed by atoms with van der Waals surface area (Å²) in [5.41, 5.74) is 0.418. The van der Waals surface area contributed by atoms with Crippen molar-refractivity contribution in [2.45, 2.75) is 19.3 Å². The maximum absolute atomic E-state index is 10.6. The third-order valence-corrected chi connectivity index (χ3v) is 3.08. The third kappa shape index (κ3) is 1.73. The molecule has 0 spiro atoms. The average molecular weight is 233 g/mol. The summed E-state index contributed by atoms with van der Waals surface area (Å²) in [6, 6.07) is 5.07. The van der Waals surface area contributed by atoms with Gasteiger partial charge in [0.05, 0.1) is 0 Å². The first-order valence-electron chi connectivity index (χ1n) is 5.45. The number of aromatic nitrogens is 1. The van der Waals surface area contributed by atoms with Crippen LogP contribution in [0.3, 0.4) is 0 Å². The maximum atomic E-state index is 10.6. The molecule has 1 saturated carbocycles. The van der Waals surface area contributed by atoms with Crippen LogP contribution < -0.4 is 0 Å². The predicted octanol–water partition coefficient (Wildman–Crippen LogP) is 2.76. The molecule has 0 bridgehead atoms. The molecule has 2 heterocycles. The van der Waals surface area contributed by atoms with Crippen molar-refractivity contribution in [2.24, 2.45) is 5.92 Å². The second-order valence-electron chi connectivity index (χ2n) is 4.40. The first-order chi connectivity index (χ1) is 8.15. The van der Waals surface area contributed by atoms with Crippen LogP contribution in [0.1, 0.15) is 35.6 Å². The number of aromatic carboxylic acids is 1. The number of rotatable bonds is 3. The lowest BCUT2D eigenvalue weighted by atomic mass is 10.2. The van der Waals surface area contributed by atoms with Crippen molar-refractivity contribution in [3.63, 3.8) is 0 Å². The van der Waals surface area contributed by atoms with E-state index in [1.807, 2.05) is 6.07 Å². The number of carboxylic acids is 1. The zero-order valence-electron chi connectivity index (χ0n) is 9.21. The van der Waals surface area contributed by atoms with E-state index in [0.29, 0.717) is 23.3 Å². The van der Waals surface area contributed by atoms with Gasteiger partial charge in [-0.2, -0.15) is 0 Å². The van der Waals surface area contributed by atoms with Gasteiger partial charge in [-0.3, -0.25) is 0 Å². The van der Waals surface area contributed by atoms with Gasteiger partial charge in [-0.1, -0.05) is 12.1 Å². The molecule has 2 aromatic heterocycles. The zero-order chi connectivity index (χ0) is 12.0. The monoisotopic (exact) mass is 233 g/mol. The van der Waals surface area contributed by atoms with Crippen LogP contribution in [0.5, 0.6) is 0 Å². The number of furan rings is 1. The summed E-state index contributed by atoms with van der Waals surface area (Å²) < 4.78 is 10.3. The van der Waals surface area contributed by atoms with E-state index in [1.54, 1.807) is 6.07 Å². The van der Waals surface area contributed by atoms with Gasteiger partial charge in [-0.25, -0.2) is 4.79 Å². The third-order valence-electron chi connectivity index (χ3n) is 3.08. The second-order valence-corrected chi connectivity index (χ2v) is 4.40. The molecule has 0 aliphatic heterocycles. The first-order valence-corrected chi connectivity index (χ1v) is 5.45. The molecular formula is C12H11NO4. The van der Waals surface area contributed by atoms with Gasteiger partial charge in [0.1, 0.15) is 11.5 Å². The van der Waals surface area contributed by atoms with Crippen LogP contribution in [-0.2, 0) is 0 Å². The largest absolute Gasteiger partial charge is 0.475 e. The summed E-state index contributed by atoms with van der Waals surface area (Å²) in [5.74, 6) is 1.34. The Balaban J connectivity index is 1.87. The van der Waals surface area contributed by atoms with Gasteiger partial charge in [0.15, 0.2) is 5.76 Å². The van der Waals surface area contributed by atoms with E-state index in [0.717, 1.165) is 12.2 Å². The van der Waals surface area contributed by atoms with Crippen LogP contribution in [0, 0.1) is 5.92 Å². The smallest absolute Gasteiger partial charge is 0.374 e. The highest BCUT2D eigenvalue weighted by atomic mass is 16.5. The molecule has 0 aromatic carbocycles. The maximum Gasteiger partial charge on any atom is 0.374 e. The van der Waals surface area contributed by atoms with Gasteiger partial charge < -0.3 is 14.0 Å². The van der Waals surface area contributed by atoms with Crippen molar-refractivity contribution >= 4 is 5.97 Å². The predicted molar refractivity (Wildman–Crippen MR) is 57.7 cm³/mol. The summed E-state index contributed by atoms with van der Waals surface area (Å²) in [6.45, 7) is 2.17. The minimum Gasteiger partial charge on any atom is -0.475 e. The standard InChI is InChI=1S/C12H11NO4/c1-6-4-7(6)9-2-3-10(16-9)8-5-11(12(14)15)17-13-8/h2-3,5-7H,4H2,1H3,(H,14,15). The number of carbonyl (C=O) groups is 1. The van der Waals surface area contributed by atoms with Crippen LogP contribution in [0.2, 0.25) is 0 Å². The number of nitrogens with zero attached hydrogens (tertiary/aromatic N) is 1. The zero-order valence-corrected chi connectivity index (χ0v) is 9.21. The normalized spacial score (nSPS) is 22.6. The van der Waals surface area contributed by atoms with Crippen LogP contribution in [0.15, 0.2) is 27.1 Å². The molecule has 0 saturated heterocycles. The number of hydrogen-bond acceptors (Lipinski definition) is 4. The van der Waals surface area contributed by atoms with Crippen LogP contribution in [-0.4, -0.2) is 16.2 Å². The highest BCUT2D eigenvalue weighted by molar-refractivity contribution is 5.85. The Bertz CT molecular complexity index is 569. The molecule has 17 heavy (non-hydrogen) atoms. The SMILES string of the molecule is CC1CC1c1ccc(-c2cc(C(=O)O)on2)o1. The summed E-state index contributed by atoms with van der Waals surface area (Å²) >= 11 is 0. The van der Waals surface area contributed by atoms with Crippen molar-refractivity contribution in [1.29, 1.82) is 0 Å². The Morgan fingerprint density at radius 1 is 1.53 bits per heavy atom. The molecular weight excluding hydrogens is 222 g/mol. The molecule has 2 unspecified atom stereocenters. The molecule has 0 radical (unpaired) electrons. The lowest BCUT2D eigenvalue weighted by Crippen LogP contribution is -1.91. The molecule has 2 atom stereocenters. The molecule has 1 fully saturated rings. The topological polar surface area (TPSA) is 76.5 Å². The van der Waals surface area contributed by atoms with Crippen molar-refractivity contribution in [1.82, 2.24) is 5.16 Å². The van der Waals surface area contributed by atoms with Crippen LogP contribution in [0.4, 0.5) is 0 Å². The molecule has 88 valence electrons.